The molecule has 3 aromatic rings. The van der Waals surface area contributed by atoms with Crippen LogP contribution in [-0.2, 0) is 29.8 Å². The van der Waals surface area contributed by atoms with Gasteiger partial charge in [-0.25, -0.2) is 18.4 Å². The minimum Gasteiger partial charge on any atom is -0.376 e. The van der Waals surface area contributed by atoms with Gasteiger partial charge in [-0.1, -0.05) is 17.7 Å². The molecule has 1 N–H and O–H groups in total. The molecule has 1 aliphatic carbocycles. The Morgan fingerprint density at radius 1 is 1.22 bits per heavy atom. The Bertz CT molecular complexity index is 1300. The van der Waals surface area contributed by atoms with Crippen LogP contribution in [0.15, 0.2) is 36.9 Å². The largest absolute Gasteiger partial charge is 0.376 e. The maximum absolute atomic E-state index is 13.5. The van der Waals surface area contributed by atoms with E-state index in [4.69, 9.17) is 25.8 Å². The lowest BCUT2D eigenvalue weighted by Crippen LogP contribution is -2.35. The summed E-state index contributed by atoms with van der Waals surface area (Å²) in [6.07, 6.45) is 6.35. The van der Waals surface area contributed by atoms with Crippen molar-refractivity contribution in [2.24, 2.45) is 0 Å². The average molecular weight is 536 g/mol. The van der Waals surface area contributed by atoms with E-state index in [0.717, 1.165) is 18.4 Å². The number of rotatable bonds is 9. The minimum atomic E-state index is -4.04. The highest BCUT2D eigenvalue weighted by molar-refractivity contribution is 7.93. The zero-order chi connectivity index (χ0) is 25.3. The normalized spacial score (nSPS) is 21.0. The van der Waals surface area contributed by atoms with Crippen LogP contribution >= 0.6 is 11.6 Å². The molecular formula is C22H26ClN7O5S. The summed E-state index contributed by atoms with van der Waals surface area (Å²) in [6, 6.07) is 3.81. The van der Waals surface area contributed by atoms with Crippen molar-refractivity contribution in [1.29, 1.82) is 0 Å². The number of anilines is 1. The third-order valence-electron chi connectivity index (χ3n) is 6.44. The van der Waals surface area contributed by atoms with Crippen molar-refractivity contribution in [3.05, 3.63) is 59.2 Å². The van der Waals surface area contributed by atoms with E-state index >= 15 is 0 Å². The summed E-state index contributed by atoms with van der Waals surface area (Å²) in [4.78, 5) is 12.5. The molecule has 3 atom stereocenters. The van der Waals surface area contributed by atoms with E-state index in [2.05, 4.69) is 29.9 Å². The smallest absolute Gasteiger partial charge is 0.240 e. The lowest BCUT2D eigenvalue weighted by atomic mass is 10.1. The zero-order valence-corrected chi connectivity index (χ0v) is 21.3. The number of pyridine rings is 1. The monoisotopic (exact) mass is 535 g/mol. The second-order valence-corrected chi connectivity index (χ2v) is 11.2. The van der Waals surface area contributed by atoms with E-state index in [0.29, 0.717) is 30.7 Å². The number of ether oxygens (including phenoxy) is 3. The van der Waals surface area contributed by atoms with Crippen LogP contribution in [0.3, 0.4) is 0 Å². The van der Waals surface area contributed by atoms with Crippen LogP contribution in [0, 0.1) is 0 Å². The first kappa shape index (κ1) is 25.0. The van der Waals surface area contributed by atoms with Gasteiger partial charge in [0.25, 0.3) is 0 Å². The SMILES string of the molecule is CO[C@H](c1ncc(Cl)cn1)[C@H](C)S(=O)(=O)Nc1nnc([C@@H]2COCCO2)n1C1(c2cccnc2)CC1. The van der Waals surface area contributed by atoms with Crippen molar-refractivity contribution in [1.82, 2.24) is 29.7 Å². The first-order chi connectivity index (χ1) is 17.4. The minimum absolute atomic E-state index is 0.0826. The van der Waals surface area contributed by atoms with Gasteiger partial charge in [0.2, 0.25) is 16.0 Å². The molecular weight excluding hydrogens is 510 g/mol. The van der Waals surface area contributed by atoms with E-state index in [1.165, 1.54) is 26.4 Å². The number of hydrogen-bond acceptors (Lipinski definition) is 10. The van der Waals surface area contributed by atoms with Crippen molar-refractivity contribution in [3.8, 4) is 0 Å². The first-order valence-electron chi connectivity index (χ1n) is 11.4. The number of halogens is 1. The lowest BCUT2D eigenvalue weighted by molar-refractivity contribution is -0.0951. The third kappa shape index (κ3) is 4.68. The maximum atomic E-state index is 13.5. The Balaban J connectivity index is 1.51. The molecule has 0 radical (unpaired) electrons. The maximum Gasteiger partial charge on any atom is 0.240 e. The van der Waals surface area contributed by atoms with Gasteiger partial charge in [0, 0.05) is 31.9 Å². The van der Waals surface area contributed by atoms with Crippen LogP contribution in [-0.4, -0.2) is 70.3 Å². The quantitative estimate of drug-likeness (QED) is 0.433. The lowest BCUT2D eigenvalue weighted by Gasteiger charge is -2.28. The summed E-state index contributed by atoms with van der Waals surface area (Å²) < 4.78 is 48.5. The number of aromatic nitrogens is 6. The highest BCUT2D eigenvalue weighted by Crippen LogP contribution is 2.52. The molecule has 0 aromatic carbocycles. The Morgan fingerprint density at radius 2 is 2.00 bits per heavy atom. The van der Waals surface area contributed by atoms with E-state index in [1.54, 1.807) is 12.4 Å². The molecule has 1 saturated carbocycles. The molecule has 14 heteroatoms. The second-order valence-electron chi connectivity index (χ2n) is 8.69. The van der Waals surface area contributed by atoms with Crippen LogP contribution in [0.1, 0.15) is 49.2 Å². The van der Waals surface area contributed by atoms with E-state index in [9.17, 15) is 8.42 Å². The van der Waals surface area contributed by atoms with Crippen molar-refractivity contribution < 1.29 is 22.6 Å². The van der Waals surface area contributed by atoms with Gasteiger partial charge < -0.3 is 14.2 Å². The highest BCUT2D eigenvalue weighted by Gasteiger charge is 2.51. The first-order valence-corrected chi connectivity index (χ1v) is 13.4. The van der Waals surface area contributed by atoms with Gasteiger partial charge in [0.15, 0.2) is 11.6 Å². The molecule has 4 heterocycles. The molecule has 0 unspecified atom stereocenters. The van der Waals surface area contributed by atoms with Crippen molar-refractivity contribution in [2.45, 2.75) is 42.8 Å². The molecule has 3 aromatic heterocycles. The standard InChI is InChI=1S/C22H26ClN7O5S/c1-14(18(33-2)19-25-11-16(23)12-26-19)36(31,32)29-21-28-27-20(17-13-34-8-9-35-17)30(21)22(5-6-22)15-4-3-7-24-10-15/h3-4,7,10-12,14,17-18H,5-6,8-9,13H2,1-2H3,(H,28,29)/t14-,17-,18-/m0/s1. The number of sulfonamides is 1. The van der Waals surface area contributed by atoms with Crippen molar-refractivity contribution in [2.75, 3.05) is 31.7 Å². The molecule has 0 amide bonds. The van der Waals surface area contributed by atoms with Gasteiger partial charge in [-0.3, -0.25) is 14.3 Å². The molecule has 2 aliphatic rings. The summed E-state index contributed by atoms with van der Waals surface area (Å²) in [6.45, 7) is 2.71. The van der Waals surface area contributed by atoms with Crippen LogP contribution in [0.25, 0.3) is 0 Å². The van der Waals surface area contributed by atoms with Gasteiger partial charge in [0.05, 0.1) is 30.4 Å². The average Bonchev–Trinajstić information content (AvgIpc) is 3.60. The number of methoxy groups -OCH3 is 1. The van der Waals surface area contributed by atoms with Gasteiger partial charge >= 0.3 is 0 Å². The Labute approximate surface area is 213 Å². The van der Waals surface area contributed by atoms with Gasteiger partial charge in [-0.05, 0) is 31.4 Å². The fourth-order valence-corrected chi connectivity index (χ4v) is 5.62. The summed E-state index contributed by atoms with van der Waals surface area (Å²) >= 11 is 5.88. The summed E-state index contributed by atoms with van der Waals surface area (Å²) in [5, 5.41) is 7.84. The second kappa shape index (κ2) is 9.98. The predicted molar refractivity (Wildman–Crippen MR) is 129 cm³/mol. The fraction of sp³-hybridized carbons (Fsp3) is 0.500. The highest BCUT2D eigenvalue weighted by atomic mass is 35.5. The number of nitrogens with one attached hydrogen (secondary N) is 1. The Kier molecular flexibility index (Phi) is 6.92. The molecule has 36 heavy (non-hydrogen) atoms. The summed E-state index contributed by atoms with van der Waals surface area (Å²) in [5.41, 5.74) is 0.384. The van der Waals surface area contributed by atoms with E-state index < -0.39 is 33.0 Å². The van der Waals surface area contributed by atoms with Crippen LogP contribution in [0.5, 0.6) is 0 Å². The molecule has 0 spiro atoms. The van der Waals surface area contributed by atoms with Crippen LogP contribution in [0.2, 0.25) is 5.02 Å². The Hall–Kier alpha value is -2.71. The molecule has 5 rings (SSSR count). The van der Waals surface area contributed by atoms with Crippen LogP contribution < -0.4 is 4.72 Å². The predicted octanol–water partition coefficient (Wildman–Crippen LogP) is 2.26. The third-order valence-corrected chi connectivity index (χ3v) is 8.33. The van der Waals surface area contributed by atoms with Crippen molar-refractivity contribution in [3.63, 3.8) is 0 Å². The molecule has 2 fully saturated rings. The summed E-state index contributed by atoms with van der Waals surface area (Å²) in [5.74, 6) is 0.772. The van der Waals surface area contributed by atoms with Gasteiger partial charge in [0.1, 0.15) is 17.5 Å². The molecule has 192 valence electrons. The molecule has 1 saturated heterocycles. The van der Waals surface area contributed by atoms with Crippen molar-refractivity contribution >= 4 is 27.6 Å². The topological polar surface area (TPSA) is 143 Å². The van der Waals surface area contributed by atoms with Gasteiger partial charge in [-0.15, -0.1) is 10.2 Å². The zero-order valence-electron chi connectivity index (χ0n) is 19.7. The van der Waals surface area contributed by atoms with E-state index in [1.807, 2.05) is 16.7 Å². The molecule has 0 bridgehead atoms. The van der Waals surface area contributed by atoms with Crippen LogP contribution in [0.4, 0.5) is 5.95 Å². The number of nitrogens with zero attached hydrogens (tertiary/aromatic N) is 6. The van der Waals surface area contributed by atoms with E-state index in [-0.39, 0.29) is 11.8 Å². The number of hydrogen-bond donors (Lipinski definition) is 1. The summed E-state index contributed by atoms with van der Waals surface area (Å²) in [7, 11) is -2.64. The molecule has 1 aliphatic heterocycles. The Morgan fingerprint density at radius 3 is 2.61 bits per heavy atom. The molecule has 12 nitrogen and oxygen atoms in total. The van der Waals surface area contributed by atoms with Gasteiger partial charge in [-0.2, -0.15) is 0 Å². The fourth-order valence-electron chi connectivity index (χ4n) is 4.39.